The zero-order valence-corrected chi connectivity index (χ0v) is 11.2. The molecule has 0 aliphatic heterocycles. The SMILES string of the molecule is COc1ccc(OC(=O)c2ccccc2)cc1CCl. The van der Waals surface area contributed by atoms with E-state index in [0.29, 0.717) is 22.9 Å². The van der Waals surface area contributed by atoms with Crippen molar-refractivity contribution in [1.29, 1.82) is 0 Å². The summed E-state index contributed by atoms with van der Waals surface area (Å²) in [6.45, 7) is 0. The number of ether oxygens (including phenoxy) is 2. The second-order valence-corrected chi connectivity index (χ2v) is 4.13. The van der Waals surface area contributed by atoms with E-state index >= 15 is 0 Å². The van der Waals surface area contributed by atoms with Gasteiger partial charge in [-0.05, 0) is 30.3 Å². The molecule has 0 radical (unpaired) electrons. The molecule has 0 aliphatic carbocycles. The molecule has 0 amide bonds. The molecule has 0 unspecified atom stereocenters. The Balaban J connectivity index is 2.18. The molecule has 0 N–H and O–H groups in total. The van der Waals surface area contributed by atoms with Gasteiger partial charge in [-0.1, -0.05) is 18.2 Å². The number of benzene rings is 2. The Bertz CT molecular complexity index is 567. The summed E-state index contributed by atoms with van der Waals surface area (Å²) in [6, 6.07) is 13.9. The highest BCUT2D eigenvalue weighted by molar-refractivity contribution is 6.17. The van der Waals surface area contributed by atoms with Gasteiger partial charge in [0, 0.05) is 5.56 Å². The van der Waals surface area contributed by atoms with Crippen molar-refractivity contribution in [3.63, 3.8) is 0 Å². The van der Waals surface area contributed by atoms with E-state index < -0.39 is 5.97 Å². The van der Waals surface area contributed by atoms with Gasteiger partial charge in [-0.25, -0.2) is 4.79 Å². The van der Waals surface area contributed by atoms with E-state index in [9.17, 15) is 4.79 Å². The van der Waals surface area contributed by atoms with Gasteiger partial charge in [0.15, 0.2) is 0 Å². The fourth-order valence-electron chi connectivity index (χ4n) is 1.66. The third-order valence-corrected chi connectivity index (χ3v) is 2.90. The van der Waals surface area contributed by atoms with Crippen LogP contribution in [0.5, 0.6) is 11.5 Å². The molecule has 0 aliphatic rings. The van der Waals surface area contributed by atoms with Crippen LogP contribution in [0.1, 0.15) is 15.9 Å². The number of halogens is 1. The van der Waals surface area contributed by atoms with Crippen LogP contribution in [-0.4, -0.2) is 13.1 Å². The van der Waals surface area contributed by atoms with Crippen molar-refractivity contribution >= 4 is 17.6 Å². The molecule has 2 aromatic rings. The summed E-state index contributed by atoms with van der Waals surface area (Å²) >= 11 is 5.82. The number of methoxy groups -OCH3 is 1. The molecule has 3 nitrogen and oxygen atoms in total. The maximum absolute atomic E-state index is 11.9. The van der Waals surface area contributed by atoms with Crippen LogP contribution in [0.15, 0.2) is 48.5 Å². The lowest BCUT2D eigenvalue weighted by molar-refractivity contribution is 0.0734. The third-order valence-electron chi connectivity index (χ3n) is 2.62. The topological polar surface area (TPSA) is 35.5 Å². The number of esters is 1. The predicted molar refractivity (Wildman–Crippen MR) is 74.0 cm³/mol. The normalized spacial score (nSPS) is 10.0. The second-order valence-electron chi connectivity index (χ2n) is 3.86. The molecule has 0 saturated carbocycles. The van der Waals surface area contributed by atoms with Gasteiger partial charge in [0.2, 0.25) is 0 Å². The number of hydrogen-bond acceptors (Lipinski definition) is 3. The predicted octanol–water partition coefficient (Wildman–Crippen LogP) is 3.65. The Morgan fingerprint density at radius 3 is 2.53 bits per heavy atom. The molecule has 0 heterocycles. The van der Waals surface area contributed by atoms with E-state index in [1.54, 1.807) is 49.6 Å². The first-order chi connectivity index (χ1) is 9.24. The Hall–Kier alpha value is -2.00. The van der Waals surface area contributed by atoms with Gasteiger partial charge in [0.25, 0.3) is 0 Å². The van der Waals surface area contributed by atoms with Crippen LogP contribution < -0.4 is 9.47 Å². The molecule has 19 heavy (non-hydrogen) atoms. The Morgan fingerprint density at radius 2 is 1.89 bits per heavy atom. The molecule has 0 atom stereocenters. The van der Waals surface area contributed by atoms with Gasteiger partial charge >= 0.3 is 5.97 Å². The van der Waals surface area contributed by atoms with Gasteiger partial charge in [-0.15, -0.1) is 11.6 Å². The van der Waals surface area contributed by atoms with E-state index in [1.807, 2.05) is 6.07 Å². The van der Waals surface area contributed by atoms with Crippen LogP contribution in [0.3, 0.4) is 0 Å². The molecule has 4 heteroatoms. The van der Waals surface area contributed by atoms with Crippen molar-refractivity contribution in [1.82, 2.24) is 0 Å². The highest BCUT2D eigenvalue weighted by atomic mass is 35.5. The summed E-state index contributed by atoms with van der Waals surface area (Å²) in [5, 5.41) is 0. The minimum Gasteiger partial charge on any atom is -0.496 e. The molecule has 0 spiro atoms. The second kappa shape index (κ2) is 6.25. The van der Waals surface area contributed by atoms with Crippen LogP contribution in [0, 0.1) is 0 Å². The molecular weight excluding hydrogens is 264 g/mol. The fraction of sp³-hybridized carbons (Fsp3) is 0.133. The van der Waals surface area contributed by atoms with E-state index in [0.717, 1.165) is 5.56 Å². The lowest BCUT2D eigenvalue weighted by atomic mass is 10.2. The van der Waals surface area contributed by atoms with Gasteiger partial charge in [-0.3, -0.25) is 0 Å². The van der Waals surface area contributed by atoms with Crippen molar-refractivity contribution in [2.45, 2.75) is 5.88 Å². The van der Waals surface area contributed by atoms with E-state index in [4.69, 9.17) is 21.1 Å². The molecule has 98 valence electrons. The average molecular weight is 277 g/mol. The highest BCUT2D eigenvalue weighted by Crippen LogP contribution is 2.25. The smallest absolute Gasteiger partial charge is 0.343 e. The Kier molecular flexibility index (Phi) is 4.42. The minimum absolute atomic E-state index is 0.292. The first-order valence-electron chi connectivity index (χ1n) is 5.74. The summed E-state index contributed by atoms with van der Waals surface area (Å²) in [5.41, 5.74) is 1.29. The van der Waals surface area contributed by atoms with E-state index in [-0.39, 0.29) is 0 Å². The summed E-state index contributed by atoms with van der Waals surface area (Å²) in [7, 11) is 1.57. The zero-order valence-electron chi connectivity index (χ0n) is 10.4. The van der Waals surface area contributed by atoms with Gasteiger partial charge in [0.05, 0.1) is 18.6 Å². The molecule has 2 aromatic carbocycles. The van der Waals surface area contributed by atoms with Crippen LogP contribution in [0.25, 0.3) is 0 Å². The first kappa shape index (κ1) is 13.4. The fourth-order valence-corrected chi connectivity index (χ4v) is 1.87. The molecule has 0 bridgehead atoms. The number of rotatable bonds is 4. The number of hydrogen-bond donors (Lipinski definition) is 0. The Morgan fingerprint density at radius 1 is 1.16 bits per heavy atom. The van der Waals surface area contributed by atoms with E-state index in [2.05, 4.69) is 0 Å². The number of alkyl halides is 1. The van der Waals surface area contributed by atoms with Gasteiger partial charge < -0.3 is 9.47 Å². The summed E-state index contributed by atoms with van der Waals surface area (Å²) in [4.78, 5) is 11.9. The molecule has 0 aromatic heterocycles. The van der Waals surface area contributed by atoms with Crippen LogP contribution >= 0.6 is 11.6 Å². The van der Waals surface area contributed by atoms with Crippen LogP contribution in [0.4, 0.5) is 0 Å². The largest absolute Gasteiger partial charge is 0.496 e. The van der Waals surface area contributed by atoms with Crippen LogP contribution in [-0.2, 0) is 5.88 Å². The maximum atomic E-state index is 11.9. The van der Waals surface area contributed by atoms with Crippen molar-refractivity contribution in [2.24, 2.45) is 0 Å². The van der Waals surface area contributed by atoms with Gasteiger partial charge in [-0.2, -0.15) is 0 Å². The lowest BCUT2D eigenvalue weighted by Crippen LogP contribution is -2.08. The summed E-state index contributed by atoms with van der Waals surface area (Å²) in [6.07, 6.45) is 0. The number of carbonyl (C=O) groups excluding carboxylic acids is 1. The van der Waals surface area contributed by atoms with Crippen molar-refractivity contribution in [3.05, 3.63) is 59.7 Å². The van der Waals surface area contributed by atoms with Crippen molar-refractivity contribution in [3.8, 4) is 11.5 Å². The number of carbonyl (C=O) groups is 1. The average Bonchev–Trinajstić information content (AvgIpc) is 2.48. The Labute approximate surface area is 116 Å². The first-order valence-corrected chi connectivity index (χ1v) is 6.28. The molecule has 2 rings (SSSR count). The monoisotopic (exact) mass is 276 g/mol. The molecule has 0 fully saturated rings. The van der Waals surface area contributed by atoms with Crippen molar-refractivity contribution in [2.75, 3.05) is 7.11 Å². The van der Waals surface area contributed by atoms with Crippen LogP contribution in [0.2, 0.25) is 0 Å². The minimum atomic E-state index is -0.397. The summed E-state index contributed by atoms with van der Waals surface area (Å²) < 4.78 is 10.4. The standard InChI is InChI=1S/C15H13ClO3/c1-18-14-8-7-13(9-12(14)10-16)19-15(17)11-5-3-2-4-6-11/h2-9H,10H2,1H3. The van der Waals surface area contributed by atoms with Crippen molar-refractivity contribution < 1.29 is 14.3 Å². The maximum Gasteiger partial charge on any atom is 0.343 e. The highest BCUT2D eigenvalue weighted by Gasteiger charge is 2.10. The summed E-state index contributed by atoms with van der Waals surface area (Å²) in [5.74, 6) is 1.02. The zero-order chi connectivity index (χ0) is 13.7. The lowest BCUT2D eigenvalue weighted by Gasteiger charge is -2.09. The van der Waals surface area contributed by atoms with E-state index in [1.165, 1.54) is 0 Å². The third kappa shape index (κ3) is 3.26. The quantitative estimate of drug-likeness (QED) is 0.486. The molecule has 0 saturated heterocycles. The molecular formula is C15H13ClO3. The van der Waals surface area contributed by atoms with Gasteiger partial charge in [0.1, 0.15) is 11.5 Å².